The Morgan fingerprint density at radius 2 is 1.42 bits per heavy atom. The molecule has 118 valence electrons. The molecule has 0 saturated heterocycles. The van der Waals surface area contributed by atoms with E-state index in [4.69, 9.17) is 4.74 Å². The maximum atomic E-state index is 5.55. The third-order valence-corrected chi connectivity index (χ3v) is 9.54. The highest BCUT2D eigenvalue weighted by atomic mass is 127. The van der Waals surface area contributed by atoms with Crippen LogP contribution in [-0.4, -0.2) is 53.0 Å². The molecular weight excluding hydrogens is 405 g/mol. The largest absolute Gasteiger partial charge is 0.382 e. The number of hydrogen-bond donors (Lipinski definition) is 0. The van der Waals surface area contributed by atoms with E-state index in [1.807, 2.05) is 0 Å². The SMILES string of the molecule is CCOCCCS(CCCP)(CCCP)CCCI. The minimum atomic E-state index is -0.375. The Labute approximate surface area is 141 Å². The van der Waals surface area contributed by atoms with Crippen LogP contribution in [0.5, 0.6) is 0 Å². The number of halogens is 1. The Balaban J connectivity index is 4.38. The number of ether oxygens (including phenoxy) is 1. The van der Waals surface area contributed by atoms with E-state index in [-0.39, 0.29) is 10.0 Å². The first-order chi connectivity index (χ1) is 9.24. The first-order valence-corrected chi connectivity index (χ1v) is 13.0. The van der Waals surface area contributed by atoms with Crippen molar-refractivity contribution >= 4 is 51.1 Å². The molecule has 0 heterocycles. The molecule has 0 amide bonds. The van der Waals surface area contributed by atoms with Gasteiger partial charge in [-0.15, -0.1) is 18.5 Å². The molecular formula is C14H33IOP2S. The maximum Gasteiger partial charge on any atom is 0.0473 e. The van der Waals surface area contributed by atoms with E-state index in [0.29, 0.717) is 0 Å². The summed E-state index contributed by atoms with van der Waals surface area (Å²) < 4.78 is 6.87. The molecule has 0 bridgehead atoms. The first-order valence-electron chi connectivity index (χ1n) is 7.52. The number of rotatable bonds is 14. The molecule has 0 aromatic heterocycles. The summed E-state index contributed by atoms with van der Waals surface area (Å²) >= 11 is 2.53. The molecule has 0 rings (SSSR count). The van der Waals surface area contributed by atoms with Crippen molar-refractivity contribution in [2.75, 3.05) is 53.0 Å². The van der Waals surface area contributed by atoms with Crippen LogP contribution in [-0.2, 0) is 4.74 Å². The lowest BCUT2D eigenvalue weighted by Gasteiger charge is -2.41. The molecule has 5 heteroatoms. The Morgan fingerprint density at radius 1 is 0.895 bits per heavy atom. The number of hydrogen-bond acceptors (Lipinski definition) is 1. The summed E-state index contributed by atoms with van der Waals surface area (Å²) in [6.45, 7) is 3.93. The fraction of sp³-hybridized carbons (Fsp3) is 1.00. The van der Waals surface area contributed by atoms with Crippen LogP contribution in [0.1, 0.15) is 32.6 Å². The Bertz CT molecular complexity index is 175. The van der Waals surface area contributed by atoms with Gasteiger partial charge in [0.15, 0.2) is 0 Å². The van der Waals surface area contributed by atoms with Gasteiger partial charge in [0.2, 0.25) is 0 Å². The molecule has 0 N–H and O–H groups in total. The van der Waals surface area contributed by atoms with Crippen molar-refractivity contribution in [3.8, 4) is 0 Å². The third kappa shape index (κ3) is 11.2. The minimum Gasteiger partial charge on any atom is -0.382 e. The van der Waals surface area contributed by atoms with Gasteiger partial charge in [-0.2, -0.15) is 0 Å². The quantitative estimate of drug-likeness (QED) is 0.167. The van der Waals surface area contributed by atoms with Crippen molar-refractivity contribution in [3.63, 3.8) is 0 Å². The average Bonchev–Trinajstić information content (AvgIpc) is 2.44. The van der Waals surface area contributed by atoms with E-state index in [2.05, 4.69) is 48.0 Å². The number of alkyl halides is 1. The standard InChI is InChI=1S/C14H33IOP2S/c1-2-16-8-4-12-19(11-3-7-15,13-5-9-17)14-6-10-18/h2-14,17-18H2,1H3. The lowest BCUT2D eigenvalue weighted by molar-refractivity contribution is 0.149. The second-order valence-corrected chi connectivity index (χ2v) is 11.2. The summed E-state index contributed by atoms with van der Waals surface area (Å²) in [5, 5.41) is 0. The average molecular weight is 438 g/mol. The van der Waals surface area contributed by atoms with Crippen molar-refractivity contribution in [1.82, 2.24) is 0 Å². The zero-order valence-electron chi connectivity index (χ0n) is 12.5. The summed E-state index contributed by atoms with van der Waals surface area (Å²) in [5.41, 5.74) is 0. The molecule has 0 aromatic rings. The molecule has 0 radical (unpaired) electrons. The van der Waals surface area contributed by atoms with Gasteiger partial charge < -0.3 is 4.74 Å². The summed E-state index contributed by atoms with van der Waals surface area (Å²) in [6, 6.07) is 0. The zero-order valence-corrected chi connectivity index (χ0v) is 17.8. The molecule has 0 spiro atoms. The van der Waals surface area contributed by atoms with Crippen molar-refractivity contribution < 1.29 is 4.74 Å². The fourth-order valence-corrected chi connectivity index (χ4v) is 8.53. The smallest absolute Gasteiger partial charge is 0.0473 e. The second-order valence-electron chi connectivity index (χ2n) is 4.92. The normalized spacial score (nSPS) is 12.8. The van der Waals surface area contributed by atoms with Gasteiger partial charge in [0, 0.05) is 17.6 Å². The Hall–Kier alpha value is 1.90. The van der Waals surface area contributed by atoms with Crippen LogP contribution in [0, 0.1) is 0 Å². The van der Waals surface area contributed by atoms with E-state index in [1.165, 1.54) is 65.4 Å². The molecule has 19 heavy (non-hydrogen) atoms. The molecule has 0 fully saturated rings. The third-order valence-electron chi connectivity index (χ3n) is 3.34. The van der Waals surface area contributed by atoms with Crippen molar-refractivity contribution in [3.05, 3.63) is 0 Å². The molecule has 0 saturated carbocycles. The van der Waals surface area contributed by atoms with Gasteiger partial charge in [-0.1, -0.05) is 22.6 Å². The monoisotopic (exact) mass is 438 g/mol. The van der Waals surface area contributed by atoms with Crippen LogP contribution in [0.25, 0.3) is 0 Å². The van der Waals surface area contributed by atoms with Crippen LogP contribution in [0.3, 0.4) is 0 Å². The second kappa shape index (κ2) is 14.8. The zero-order chi connectivity index (χ0) is 14.4. The van der Waals surface area contributed by atoms with E-state index in [9.17, 15) is 0 Å². The van der Waals surface area contributed by atoms with Gasteiger partial charge in [-0.3, -0.25) is 0 Å². The minimum absolute atomic E-state index is 0.375. The highest BCUT2D eigenvalue weighted by molar-refractivity contribution is 14.1. The van der Waals surface area contributed by atoms with Crippen molar-refractivity contribution in [2.24, 2.45) is 0 Å². The van der Waals surface area contributed by atoms with Gasteiger partial charge in [0.05, 0.1) is 0 Å². The van der Waals surface area contributed by atoms with Gasteiger partial charge in [0.25, 0.3) is 0 Å². The van der Waals surface area contributed by atoms with Crippen LogP contribution in [0.4, 0.5) is 0 Å². The van der Waals surface area contributed by atoms with Gasteiger partial charge in [-0.25, -0.2) is 10.0 Å². The fourth-order valence-electron chi connectivity index (χ4n) is 2.36. The van der Waals surface area contributed by atoms with Gasteiger partial charge in [-0.05, 0) is 67.9 Å². The molecule has 0 aromatic carbocycles. The van der Waals surface area contributed by atoms with E-state index < -0.39 is 0 Å². The predicted octanol–water partition coefficient (Wildman–Crippen LogP) is 4.57. The molecule has 2 unspecified atom stereocenters. The van der Waals surface area contributed by atoms with Crippen LogP contribution in [0.2, 0.25) is 0 Å². The Kier molecular flexibility index (Phi) is 16.3. The van der Waals surface area contributed by atoms with Crippen LogP contribution in [0.15, 0.2) is 0 Å². The maximum absolute atomic E-state index is 5.55. The van der Waals surface area contributed by atoms with E-state index >= 15 is 0 Å². The lowest BCUT2D eigenvalue weighted by Crippen LogP contribution is -2.20. The summed E-state index contributed by atoms with van der Waals surface area (Å²) in [4.78, 5) is 0. The van der Waals surface area contributed by atoms with Gasteiger partial charge >= 0.3 is 0 Å². The Morgan fingerprint density at radius 3 is 1.89 bits per heavy atom. The summed E-state index contributed by atoms with van der Waals surface area (Å²) in [7, 11) is 5.43. The summed E-state index contributed by atoms with van der Waals surface area (Å²) in [5.74, 6) is 5.92. The molecule has 2 atom stereocenters. The van der Waals surface area contributed by atoms with Gasteiger partial charge in [0.1, 0.15) is 0 Å². The van der Waals surface area contributed by atoms with Crippen molar-refractivity contribution in [1.29, 1.82) is 0 Å². The highest BCUT2D eigenvalue weighted by Gasteiger charge is 2.22. The van der Waals surface area contributed by atoms with Crippen LogP contribution < -0.4 is 0 Å². The topological polar surface area (TPSA) is 9.23 Å². The first kappa shape index (κ1) is 20.9. The molecule has 0 aliphatic rings. The summed E-state index contributed by atoms with van der Waals surface area (Å²) in [6.07, 6.45) is 8.02. The van der Waals surface area contributed by atoms with Crippen LogP contribution >= 0.6 is 51.1 Å². The lowest BCUT2D eigenvalue weighted by atomic mass is 10.5. The van der Waals surface area contributed by atoms with E-state index in [0.717, 1.165) is 13.2 Å². The molecule has 0 aliphatic heterocycles. The van der Waals surface area contributed by atoms with E-state index in [1.54, 1.807) is 0 Å². The molecule has 1 nitrogen and oxygen atoms in total. The molecule has 0 aliphatic carbocycles. The highest BCUT2D eigenvalue weighted by Crippen LogP contribution is 2.50. The predicted molar refractivity (Wildman–Crippen MR) is 110 cm³/mol. The van der Waals surface area contributed by atoms with Crippen molar-refractivity contribution in [2.45, 2.75) is 32.6 Å².